The van der Waals surface area contributed by atoms with E-state index in [0.29, 0.717) is 35.4 Å². The van der Waals surface area contributed by atoms with Crippen LogP contribution in [0.5, 0.6) is 11.5 Å². The maximum absolute atomic E-state index is 13.5. The summed E-state index contributed by atoms with van der Waals surface area (Å²) >= 11 is 0. The standard InChI is InChI=1S/C29H30N2O4/c1-4-20-6-12-24(13-7-20)30-28(32)19-31-27-18-26(35-3)16-11-22(27)17-23(29(31)33)10-5-21-8-14-25(34-2)15-9-21/h6-9,11-18H,4-5,10,19H2,1-3H3,(H,30,32). The zero-order valence-electron chi connectivity index (χ0n) is 20.3. The SMILES string of the molecule is CCc1ccc(NC(=O)Cn2c(=O)c(CCc3ccc(OC)cc3)cc3ccc(OC)cc32)cc1. The van der Waals surface area contributed by atoms with Gasteiger partial charge in [0, 0.05) is 17.3 Å². The molecule has 1 heterocycles. The van der Waals surface area contributed by atoms with E-state index in [1.807, 2.05) is 66.7 Å². The van der Waals surface area contributed by atoms with E-state index in [4.69, 9.17) is 9.47 Å². The Bertz CT molecular complexity index is 1370. The number of carbonyl (C=O) groups excluding carboxylic acids is 1. The van der Waals surface area contributed by atoms with E-state index in [9.17, 15) is 9.59 Å². The number of methoxy groups -OCH3 is 2. The average Bonchev–Trinajstić information content (AvgIpc) is 2.89. The lowest BCUT2D eigenvalue weighted by atomic mass is 10.0. The monoisotopic (exact) mass is 470 g/mol. The highest BCUT2D eigenvalue weighted by Crippen LogP contribution is 2.22. The molecule has 0 unspecified atom stereocenters. The third kappa shape index (κ3) is 5.72. The first-order chi connectivity index (χ1) is 17.0. The minimum Gasteiger partial charge on any atom is -0.497 e. The summed E-state index contributed by atoms with van der Waals surface area (Å²) in [6.07, 6.45) is 2.20. The van der Waals surface area contributed by atoms with Crippen LogP contribution in [-0.2, 0) is 30.6 Å². The Morgan fingerprint density at radius 2 is 1.49 bits per heavy atom. The average molecular weight is 471 g/mol. The van der Waals surface area contributed by atoms with E-state index in [0.717, 1.165) is 23.1 Å². The fourth-order valence-electron chi connectivity index (χ4n) is 4.11. The number of aromatic nitrogens is 1. The molecule has 180 valence electrons. The van der Waals surface area contributed by atoms with Crippen molar-refractivity contribution in [1.29, 1.82) is 0 Å². The number of aryl methyl sites for hydroxylation is 3. The van der Waals surface area contributed by atoms with Gasteiger partial charge in [0.15, 0.2) is 0 Å². The van der Waals surface area contributed by atoms with Gasteiger partial charge in [0.2, 0.25) is 5.91 Å². The topological polar surface area (TPSA) is 69.6 Å². The molecule has 0 bridgehead atoms. The first kappa shape index (κ1) is 24.1. The predicted octanol–water partition coefficient (Wildman–Crippen LogP) is 5.01. The van der Waals surface area contributed by atoms with Gasteiger partial charge in [0.25, 0.3) is 5.56 Å². The summed E-state index contributed by atoms with van der Waals surface area (Å²) in [5.74, 6) is 1.17. The first-order valence-electron chi connectivity index (χ1n) is 11.7. The molecule has 0 aliphatic heterocycles. The molecule has 1 aromatic heterocycles. The highest BCUT2D eigenvalue weighted by molar-refractivity contribution is 5.92. The Morgan fingerprint density at radius 3 is 2.14 bits per heavy atom. The smallest absolute Gasteiger partial charge is 0.254 e. The van der Waals surface area contributed by atoms with Crippen LogP contribution >= 0.6 is 0 Å². The number of nitrogens with zero attached hydrogens (tertiary/aromatic N) is 1. The number of carbonyl (C=O) groups is 1. The summed E-state index contributed by atoms with van der Waals surface area (Å²) in [6, 6.07) is 23.1. The second kappa shape index (κ2) is 10.9. The summed E-state index contributed by atoms with van der Waals surface area (Å²) in [7, 11) is 3.22. The van der Waals surface area contributed by atoms with Crippen LogP contribution in [0.15, 0.2) is 77.6 Å². The Morgan fingerprint density at radius 1 is 0.829 bits per heavy atom. The van der Waals surface area contributed by atoms with E-state index >= 15 is 0 Å². The molecule has 0 saturated heterocycles. The van der Waals surface area contributed by atoms with Crippen molar-refractivity contribution in [3.63, 3.8) is 0 Å². The minimum absolute atomic E-state index is 0.0889. The first-order valence-corrected chi connectivity index (χ1v) is 11.7. The zero-order valence-corrected chi connectivity index (χ0v) is 20.3. The lowest BCUT2D eigenvalue weighted by Crippen LogP contribution is -2.30. The van der Waals surface area contributed by atoms with Crippen molar-refractivity contribution >= 4 is 22.5 Å². The third-order valence-electron chi connectivity index (χ3n) is 6.17. The van der Waals surface area contributed by atoms with Crippen molar-refractivity contribution in [2.75, 3.05) is 19.5 Å². The van der Waals surface area contributed by atoms with Crippen molar-refractivity contribution in [2.45, 2.75) is 32.7 Å². The maximum atomic E-state index is 13.5. The third-order valence-corrected chi connectivity index (χ3v) is 6.17. The van der Waals surface area contributed by atoms with Crippen molar-refractivity contribution in [2.24, 2.45) is 0 Å². The van der Waals surface area contributed by atoms with E-state index in [1.54, 1.807) is 20.3 Å². The molecule has 1 amide bonds. The van der Waals surface area contributed by atoms with E-state index in [1.165, 1.54) is 10.1 Å². The number of nitrogens with one attached hydrogen (secondary N) is 1. The quantitative estimate of drug-likeness (QED) is 0.374. The van der Waals surface area contributed by atoms with Gasteiger partial charge in [0.05, 0.1) is 19.7 Å². The van der Waals surface area contributed by atoms with Crippen molar-refractivity contribution < 1.29 is 14.3 Å². The molecule has 0 atom stereocenters. The predicted molar refractivity (Wildman–Crippen MR) is 140 cm³/mol. The number of hydrogen-bond acceptors (Lipinski definition) is 4. The van der Waals surface area contributed by atoms with Gasteiger partial charge < -0.3 is 14.8 Å². The summed E-state index contributed by atoms with van der Waals surface area (Å²) < 4.78 is 12.1. The molecule has 0 saturated carbocycles. The Kier molecular flexibility index (Phi) is 7.51. The number of fused-ring (bicyclic) bond motifs is 1. The number of ether oxygens (including phenoxy) is 2. The van der Waals surface area contributed by atoms with Gasteiger partial charge in [-0.2, -0.15) is 0 Å². The minimum atomic E-state index is -0.257. The van der Waals surface area contributed by atoms with Crippen molar-refractivity contribution in [1.82, 2.24) is 4.57 Å². The summed E-state index contributed by atoms with van der Waals surface area (Å²) in [6.45, 7) is 2.00. The number of amides is 1. The summed E-state index contributed by atoms with van der Waals surface area (Å²) in [5.41, 5.74) is 4.17. The number of rotatable bonds is 9. The molecule has 4 rings (SSSR count). The molecule has 6 nitrogen and oxygen atoms in total. The van der Waals surface area contributed by atoms with Gasteiger partial charge >= 0.3 is 0 Å². The largest absolute Gasteiger partial charge is 0.497 e. The summed E-state index contributed by atoms with van der Waals surface area (Å²) in [5, 5.41) is 3.79. The lowest BCUT2D eigenvalue weighted by Gasteiger charge is -2.14. The van der Waals surface area contributed by atoms with Gasteiger partial charge in [-0.3, -0.25) is 14.2 Å². The van der Waals surface area contributed by atoms with Crippen LogP contribution in [0.4, 0.5) is 5.69 Å². The Balaban J connectivity index is 1.62. The van der Waals surface area contributed by atoms with Crippen LogP contribution < -0.4 is 20.3 Å². The van der Waals surface area contributed by atoms with E-state index in [-0.39, 0.29) is 18.0 Å². The molecule has 0 fully saturated rings. The molecular formula is C29H30N2O4. The van der Waals surface area contributed by atoms with E-state index in [2.05, 4.69) is 12.2 Å². The molecule has 0 aliphatic carbocycles. The van der Waals surface area contributed by atoms with Gasteiger partial charge in [-0.25, -0.2) is 0 Å². The molecule has 6 heteroatoms. The summed E-state index contributed by atoms with van der Waals surface area (Å²) in [4.78, 5) is 26.4. The van der Waals surface area contributed by atoms with Gasteiger partial charge in [0.1, 0.15) is 18.0 Å². The van der Waals surface area contributed by atoms with Crippen LogP contribution in [0.3, 0.4) is 0 Å². The van der Waals surface area contributed by atoms with Crippen molar-refractivity contribution in [3.8, 4) is 11.5 Å². The highest BCUT2D eigenvalue weighted by atomic mass is 16.5. The zero-order chi connectivity index (χ0) is 24.8. The lowest BCUT2D eigenvalue weighted by molar-refractivity contribution is -0.116. The van der Waals surface area contributed by atoms with Crippen LogP contribution in [0, 0.1) is 0 Å². The van der Waals surface area contributed by atoms with Crippen LogP contribution in [0.25, 0.3) is 10.9 Å². The Labute approximate surface area is 205 Å². The molecule has 4 aromatic rings. The number of pyridine rings is 1. The fraction of sp³-hybridized carbons (Fsp3) is 0.241. The van der Waals surface area contributed by atoms with Gasteiger partial charge in [-0.1, -0.05) is 31.2 Å². The van der Waals surface area contributed by atoms with Crippen LogP contribution in [-0.4, -0.2) is 24.7 Å². The number of benzene rings is 3. The molecule has 0 aliphatic rings. The number of hydrogen-bond donors (Lipinski definition) is 1. The molecule has 3 aromatic carbocycles. The van der Waals surface area contributed by atoms with Gasteiger partial charge in [-0.15, -0.1) is 0 Å². The molecule has 35 heavy (non-hydrogen) atoms. The molecular weight excluding hydrogens is 440 g/mol. The molecule has 1 N–H and O–H groups in total. The van der Waals surface area contributed by atoms with Gasteiger partial charge in [-0.05, 0) is 78.2 Å². The molecule has 0 spiro atoms. The normalized spacial score (nSPS) is 10.8. The number of anilines is 1. The van der Waals surface area contributed by atoms with E-state index < -0.39 is 0 Å². The highest BCUT2D eigenvalue weighted by Gasteiger charge is 2.14. The maximum Gasteiger partial charge on any atom is 0.254 e. The second-order valence-electron chi connectivity index (χ2n) is 8.43. The Hall–Kier alpha value is -4.06. The second-order valence-corrected chi connectivity index (χ2v) is 8.43. The molecule has 0 radical (unpaired) electrons. The van der Waals surface area contributed by atoms with Crippen LogP contribution in [0.2, 0.25) is 0 Å². The van der Waals surface area contributed by atoms with Crippen LogP contribution in [0.1, 0.15) is 23.6 Å². The fourth-order valence-corrected chi connectivity index (χ4v) is 4.11. The van der Waals surface area contributed by atoms with Crippen molar-refractivity contribution in [3.05, 3.63) is 99.8 Å².